The van der Waals surface area contributed by atoms with E-state index in [9.17, 15) is 4.79 Å². The van der Waals surface area contributed by atoms with Gasteiger partial charge in [0, 0.05) is 13.0 Å². The Morgan fingerprint density at radius 1 is 1.14 bits per heavy atom. The SMILES string of the molecule is CCOCCC(=O)NC(c1ccc(CC(C)C)cc1)C(C)C. The van der Waals surface area contributed by atoms with Crippen LogP contribution in [0.2, 0.25) is 0 Å². The Morgan fingerprint density at radius 3 is 2.27 bits per heavy atom. The van der Waals surface area contributed by atoms with Crippen LogP contribution >= 0.6 is 0 Å². The first-order chi connectivity index (χ1) is 10.4. The molecule has 3 heteroatoms. The number of hydrogen-bond donors (Lipinski definition) is 1. The quantitative estimate of drug-likeness (QED) is 0.697. The summed E-state index contributed by atoms with van der Waals surface area (Å²) in [5.74, 6) is 1.07. The molecule has 1 rings (SSSR count). The molecule has 1 amide bonds. The minimum atomic E-state index is 0.0541. The topological polar surface area (TPSA) is 38.3 Å². The molecule has 0 fully saturated rings. The molecule has 0 spiro atoms. The number of nitrogens with one attached hydrogen (secondary N) is 1. The lowest BCUT2D eigenvalue weighted by molar-refractivity contribution is -0.123. The molecular weight excluding hydrogens is 274 g/mol. The van der Waals surface area contributed by atoms with Crippen molar-refractivity contribution in [3.63, 3.8) is 0 Å². The van der Waals surface area contributed by atoms with Crippen LogP contribution in [0.3, 0.4) is 0 Å². The second-order valence-electron chi connectivity index (χ2n) is 6.58. The molecule has 0 heterocycles. The highest BCUT2D eigenvalue weighted by molar-refractivity contribution is 5.76. The van der Waals surface area contributed by atoms with Gasteiger partial charge in [-0.15, -0.1) is 0 Å². The molecule has 0 aliphatic carbocycles. The van der Waals surface area contributed by atoms with Gasteiger partial charge in [0.25, 0.3) is 0 Å². The number of benzene rings is 1. The third-order valence-corrected chi connectivity index (χ3v) is 3.64. The predicted molar refractivity (Wildman–Crippen MR) is 91.8 cm³/mol. The van der Waals surface area contributed by atoms with Crippen LogP contribution in [-0.2, 0) is 16.0 Å². The maximum absolute atomic E-state index is 12.0. The van der Waals surface area contributed by atoms with E-state index in [1.54, 1.807) is 0 Å². The molecule has 0 saturated heterocycles. The molecule has 0 saturated carbocycles. The average Bonchev–Trinajstić information content (AvgIpc) is 2.45. The molecule has 3 nitrogen and oxygen atoms in total. The Labute approximate surface area is 135 Å². The summed E-state index contributed by atoms with van der Waals surface area (Å²) in [5, 5.41) is 3.13. The van der Waals surface area contributed by atoms with Crippen molar-refractivity contribution in [2.45, 2.75) is 53.5 Å². The van der Waals surface area contributed by atoms with Crippen molar-refractivity contribution >= 4 is 5.91 Å². The van der Waals surface area contributed by atoms with Gasteiger partial charge in [0.1, 0.15) is 0 Å². The Kier molecular flexibility index (Phi) is 8.18. The van der Waals surface area contributed by atoms with Crippen molar-refractivity contribution in [1.29, 1.82) is 0 Å². The van der Waals surface area contributed by atoms with E-state index in [2.05, 4.69) is 57.3 Å². The summed E-state index contributed by atoms with van der Waals surface area (Å²) in [6.07, 6.45) is 1.51. The van der Waals surface area contributed by atoms with E-state index in [1.807, 2.05) is 6.92 Å². The molecule has 0 aliphatic rings. The summed E-state index contributed by atoms with van der Waals surface area (Å²) >= 11 is 0. The molecule has 1 aromatic carbocycles. The lowest BCUT2D eigenvalue weighted by atomic mass is 9.93. The van der Waals surface area contributed by atoms with Crippen molar-refractivity contribution in [3.05, 3.63) is 35.4 Å². The van der Waals surface area contributed by atoms with Crippen LogP contribution in [0.4, 0.5) is 0 Å². The van der Waals surface area contributed by atoms with Crippen LogP contribution in [-0.4, -0.2) is 19.1 Å². The highest BCUT2D eigenvalue weighted by Gasteiger charge is 2.18. The fourth-order valence-electron chi connectivity index (χ4n) is 2.52. The zero-order valence-corrected chi connectivity index (χ0v) is 14.7. The molecule has 1 N–H and O–H groups in total. The van der Waals surface area contributed by atoms with Crippen molar-refractivity contribution in [2.24, 2.45) is 11.8 Å². The summed E-state index contributed by atoms with van der Waals surface area (Å²) in [7, 11) is 0. The molecule has 1 unspecified atom stereocenters. The summed E-state index contributed by atoms with van der Waals surface area (Å²) in [4.78, 5) is 12.0. The third-order valence-electron chi connectivity index (χ3n) is 3.64. The molecule has 1 aromatic rings. The lowest BCUT2D eigenvalue weighted by Gasteiger charge is -2.23. The van der Waals surface area contributed by atoms with Crippen LogP contribution in [0, 0.1) is 11.8 Å². The predicted octanol–water partition coefficient (Wildman–Crippen LogP) is 4.13. The van der Waals surface area contributed by atoms with Gasteiger partial charge in [-0.3, -0.25) is 4.79 Å². The Bertz CT molecular complexity index is 437. The first kappa shape index (κ1) is 18.7. The summed E-state index contributed by atoms with van der Waals surface area (Å²) in [6, 6.07) is 8.70. The van der Waals surface area contributed by atoms with Crippen LogP contribution in [0.5, 0.6) is 0 Å². The molecule has 0 bridgehead atoms. The standard InChI is InChI=1S/C19H31NO2/c1-6-22-12-11-18(21)20-19(15(4)5)17-9-7-16(8-10-17)13-14(2)3/h7-10,14-15,19H,6,11-13H2,1-5H3,(H,20,21). The maximum atomic E-state index is 12.0. The first-order valence-corrected chi connectivity index (χ1v) is 8.40. The number of carbonyl (C=O) groups excluding carboxylic acids is 1. The monoisotopic (exact) mass is 305 g/mol. The average molecular weight is 305 g/mol. The first-order valence-electron chi connectivity index (χ1n) is 8.40. The molecular formula is C19H31NO2. The second-order valence-corrected chi connectivity index (χ2v) is 6.58. The van der Waals surface area contributed by atoms with Crippen LogP contribution in [0.1, 0.15) is 58.2 Å². The lowest BCUT2D eigenvalue weighted by Crippen LogP contribution is -2.32. The second kappa shape index (κ2) is 9.62. The van der Waals surface area contributed by atoms with E-state index in [-0.39, 0.29) is 11.9 Å². The molecule has 1 atom stereocenters. The van der Waals surface area contributed by atoms with E-state index in [4.69, 9.17) is 4.74 Å². The third kappa shape index (κ3) is 6.61. The van der Waals surface area contributed by atoms with E-state index >= 15 is 0 Å². The number of hydrogen-bond acceptors (Lipinski definition) is 2. The largest absolute Gasteiger partial charge is 0.381 e. The zero-order valence-electron chi connectivity index (χ0n) is 14.7. The van der Waals surface area contributed by atoms with E-state index in [0.717, 1.165) is 6.42 Å². The van der Waals surface area contributed by atoms with Gasteiger partial charge in [-0.2, -0.15) is 0 Å². The molecule has 124 valence electrons. The normalized spacial score (nSPS) is 12.7. The van der Waals surface area contributed by atoms with Gasteiger partial charge < -0.3 is 10.1 Å². The highest BCUT2D eigenvalue weighted by atomic mass is 16.5. The molecule has 0 radical (unpaired) electrons. The van der Waals surface area contributed by atoms with Gasteiger partial charge in [-0.05, 0) is 36.3 Å². The van der Waals surface area contributed by atoms with Crippen LogP contribution in [0.15, 0.2) is 24.3 Å². The highest BCUT2D eigenvalue weighted by Crippen LogP contribution is 2.23. The Hall–Kier alpha value is -1.35. The van der Waals surface area contributed by atoms with Gasteiger partial charge in [0.2, 0.25) is 5.91 Å². The number of rotatable bonds is 9. The van der Waals surface area contributed by atoms with Gasteiger partial charge in [0.15, 0.2) is 0 Å². The smallest absolute Gasteiger partial charge is 0.222 e. The Morgan fingerprint density at radius 2 is 1.77 bits per heavy atom. The Balaban J connectivity index is 2.68. The number of amides is 1. The molecule has 0 aromatic heterocycles. The number of carbonyl (C=O) groups is 1. The maximum Gasteiger partial charge on any atom is 0.222 e. The fraction of sp³-hybridized carbons (Fsp3) is 0.632. The summed E-state index contributed by atoms with van der Waals surface area (Å²) in [5.41, 5.74) is 2.52. The summed E-state index contributed by atoms with van der Waals surface area (Å²) < 4.78 is 5.24. The van der Waals surface area contributed by atoms with Gasteiger partial charge in [-0.25, -0.2) is 0 Å². The zero-order chi connectivity index (χ0) is 16.5. The van der Waals surface area contributed by atoms with E-state index in [1.165, 1.54) is 11.1 Å². The van der Waals surface area contributed by atoms with Crippen molar-refractivity contribution < 1.29 is 9.53 Å². The van der Waals surface area contributed by atoms with Crippen LogP contribution < -0.4 is 5.32 Å². The molecule has 0 aliphatic heterocycles. The van der Waals surface area contributed by atoms with E-state index in [0.29, 0.717) is 31.5 Å². The minimum Gasteiger partial charge on any atom is -0.381 e. The van der Waals surface area contributed by atoms with Gasteiger partial charge in [-0.1, -0.05) is 52.0 Å². The number of ether oxygens (including phenoxy) is 1. The minimum absolute atomic E-state index is 0.0541. The van der Waals surface area contributed by atoms with Gasteiger partial charge >= 0.3 is 0 Å². The van der Waals surface area contributed by atoms with Crippen molar-refractivity contribution in [2.75, 3.05) is 13.2 Å². The fourth-order valence-corrected chi connectivity index (χ4v) is 2.52. The molecule has 22 heavy (non-hydrogen) atoms. The van der Waals surface area contributed by atoms with E-state index < -0.39 is 0 Å². The summed E-state index contributed by atoms with van der Waals surface area (Å²) in [6.45, 7) is 11.8. The van der Waals surface area contributed by atoms with Crippen LogP contribution in [0.25, 0.3) is 0 Å². The van der Waals surface area contributed by atoms with Gasteiger partial charge in [0.05, 0.1) is 12.6 Å². The van der Waals surface area contributed by atoms with Crippen molar-refractivity contribution in [3.8, 4) is 0 Å². The van der Waals surface area contributed by atoms with Crippen molar-refractivity contribution in [1.82, 2.24) is 5.32 Å².